The van der Waals surface area contributed by atoms with E-state index in [-0.39, 0.29) is 12.3 Å². The first-order valence-electron chi connectivity index (χ1n) is 7.01. The van der Waals surface area contributed by atoms with Crippen LogP contribution in [0.25, 0.3) is 0 Å². The maximum absolute atomic E-state index is 10.7. The van der Waals surface area contributed by atoms with E-state index in [1.165, 1.54) is 0 Å². The smallest absolute Gasteiger partial charge is 0.303 e. The number of nitrogens with two attached hydrogens (primary N) is 1. The molecule has 116 valence electrons. The molecule has 0 spiro atoms. The molecule has 1 aliphatic heterocycles. The summed E-state index contributed by atoms with van der Waals surface area (Å²) in [7, 11) is 0. The van der Waals surface area contributed by atoms with Gasteiger partial charge in [-0.15, -0.1) is 0 Å². The van der Waals surface area contributed by atoms with Crippen molar-refractivity contribution in [2.75, 3.05) is 13.2 Å². The molecule has 0 saturated carbocycles. The van der Waals surface area contributed by atoms with E-state index in [2.05, 4.69) is 0 Å². The van der Waals surface area contributed by atoms with E-state index in [4.69, 9.17) is 31.9 Å². The third-order valence-electron chi connectivity index (χ3n) is 3.48. The van der Waals surface area contributed by atoms with Crippen molar-refractivity contribution in [3.05, 3.63) is 22.2 Å². The molecule has 5 nitrogen and oxygen atoms in total. The van der Waals surface area contributed by atoms with Crippen LogP contribution >= 0.6 is 11.6 Å². The Morgan fingerprint density at radius 1 is 1.38 bits per heavy atom. The summed E-state index contributed by atoms with van der Waals surface area (Å²) in [5, 5.41) is 9.26. The van der Waals surface area contributed by atoms with Crippen molar-refractivity contribution in [2.24, 2.45) is 5.73 Å². The second-order valence-corrected chi connectivity index (χ2v) is 5.82. The van der Waals surface area contributed by atoms with Crippen LogP contribution in [0.15, 0.2) is 6.07 Å². The molecule has 21 heavy (non-hydrogen) atoms. The molecule has 0 saturated heterocycles. The second-order valence-electron chi connectivity index (χ2n) is 5.41. The van der Waals surface area contributed by atoms with Gasteiger partial charge in [0.2, 0.25) is 0 Å². The van der Waals surface area contributed by atoms with Crippen LogP contribution in [-0.2, 0) is 4.79 Å². The summed E-state index contributed by atoms with van der Waals surface area (Å²) in [6.07, 6.45) is 0.371. The van der Waals surface area contributed by atoms with E-state index in [0.29, 0.717) is 36.2 Å². The Morgan fingerprint density at radius 2 is 2.00 bits per heavy atom. The van der Waals surface area contributed by atoms with Crippen molar-refractivity contribution < 1.29 is 19.4 Å². The van der Waals surface area contributed by atoms with Crippen LogP contribution in [0.1, 0.15) is 49.8 Å². The molecule has 0 aromatic heterocycles. The summed E-state index contributed by atoms with van der Waals surface area (Å²) < 4.78 is 11.3. The van der Waals surface area contributed by atoms with E-state index < -0.39 is 12.0 Å². The third-order valence-corrected chi connectivity index (χ3v) is 3.76. The standard InChI is InChI=1S/C15H20ClNO4/c1-8(2)13-9(11(17)3-4-12(18)19)7-10(16)14-15(13)21-6-5-20-14/h7-8,11H,3-6,17H2,1-2H3,(H,18,19). The minimum absolute atomic E-state index is 0.0186. The van der Waals surface area contributed by atoms with Crippen LogP contribution in [-0.4, -0.2) is 24.3 Å². The first kappa shape index (κ1) is 15.9. The van der Waals surface area contributed by atoms with Gasteiger partial charge in [0.25, 0.3) is 0 Å². The summed E-state index contributed by atoms with van der Waals surface area (Å²) in [4.78, 5) is 10.7. The number of carboxylic acids is 1. The van der Waals surface area contributed by atoms with Gasteiger partial charge in [0, 0.05) is 18.0 Å². The molecular weight excluding hydrogens is 294 g/mol. The van der Waals surface area contributed by atoms with Gasteiger partial charge in [-0.25, -0.2) is 0 Å². The van der Waals surface area contributed by atoms with Gasteiger partial charge in [-0.1, -0.05) is 25.4 Å². The number of ether oxygens (including phenoxy) is 2. The summed E-state index contributed by atoms with van der Waals surface area (Å²) in [5.41, 5.74) is 7.95. The van der Waals surface area contributed by atoms with Crippen LogP contribution in [0.3, 0.4) is 0 Å². The topological polar surface area (TPSA) is 81.8 Å². The van der Waals surface area contributed by atoms with E-state index in [0.717, 1.165) is 11.1 Å². The molecule has 1 atom stereocenters. The average molecular weight is 314 g/mol. The second kappa shape index (κ2) is 6.54. The lowest BCUT2D eigenvalue weighted by Crippen LogP contribution is -2.21. The van der Waals surface area contributed by atoms with E-state index >= 15 is 0 Å². The third kappa shape index (κ3) is 3.41. The van der Waals surface area contributed by atoms with Crippen molar-refractivity contribution in [3.8, 4) is 11.5 Å². The van der Waals surface area contributed by atoms with E-state index in [1.54, 1.807) is 6.07 Å². The Hall–Kier alpha value is -1.46. The lowest BCUT2D eigenvalue weighted by atomic mass is 9.89. The average Bonchev–Trinajstić information content (AvgIpc) is 2.44. The maximum atomic E-state index is 10.7. The fourth-order valence-electron chi connectivity index (χ4n) is 2.54. The monoisotopic (exact) mass is 313 g/mol. The molecule has 3 N–H and O–H groups in total. The molecule has 1 heterocycles. The van der Waals surface area contributed by atoms with Crippen molar-refractivity contribution in [1.29, 1.82) is 0 Å². The normalized spacial score (nSPS) is 15.1. The Bertz CT molecular complexity index is 545. The quantitative estimate of drug-likeness (QED) is 0.873. The maximum Gasteiger partial charge on any atom is 0.303 e. The molecule has 0 aliphatic carbocycles. The molecule has 0 bridgehead atoms. The van der Waals surface area contributed by atoms with E-state index in [9.17, 15) is 4.79 Å². The summed E-state index contributed by atoms with van der Waals surface area (Å²) >= 11 is 6.25. The molecule has 1 unspecified atom stereocenters. The fourth-order valence-corrected chi connectivity index (χ4v) is 2.80. The largest absolute Gasteiger partial charge is 0.486 e. The number of rotatable bonds is 5. The van der Waals surface area contributed by atoms with Crippen LogP contribution in [0.4, 0.5) is 0 Å². The molecule has 2 rings (SSSR count). The minimum Gasteiger partial charge on any atom is -0.486 e. The zero-order valence-corrected chi connectivity index (χ0v) is 12.9. The van der Waals surface area contributed by atoms with Gasteiger partial charge in [-0.3, -0.25) is 4.79 Å². The lowest BCUT2D eigenvalue weighted by Gasteiger charge is -2.27. The molecule has 6 heteroatoms. The lowest BCUT2D eigenvalue weighted by molar-refractivity contribution is -0.137. The molecule has 0 radical (unpaired) electrons. The predicted octanol–water partition coefficient (Wildman–Crippen LogP) is 3.10. The summed E-state index contributed by atoms with van der Waals surface area (Å²) in [6, 6.07) is 1.38. The number of carbonyl (C=O) groups is 1. The Labute approximate surface area is 129 Å². The summed E-state index contributed by atoms with van der Waals surface area (Å²) in [6.45, 7) is 5.01. The zero-order valence-electron chi connectivity index (χ0n) is 12.2. The first-order chi connectivity index (χ1) is 9.91. The van der Waals surface area contributed by atoms with Gasteiger partial charge in [-0.05, 0) is 24.0 Å². The van der Waals surface area contributed by atoms with Crippen LogP contribution in [0.2, 0.25) is 5.02 Å². The van der Waals surface area contributed by atoms with Gasteiger partial charge in [0.05, 0.1) is 5.02 Å². The van der Waals surface area contributed by atoms with Crippen LogP contribution < -0.4 is 15.2 Å². The SMILES string of the molecule is CC(C)c1c(C(N)CCC(=O)O)cc(Cl)c2c1OCCO2. The number of fused-ring (bicyclic) bond motifs is 1. The highest BCUT2D eigenvalue weighted by molar-refractivity contribution is 6.32. The molecule has 1 aromatic rings. The number of hydrogen-bond acceptors (Lipinski definition) is 4. The summed E-state index contributed by atoms with van der Waals surface area (Å²) in [5.74, 6) is 0.508. The highest BCUT2D eigenvalue weighted by Gasteiger charge is 2.27. The predicted molar refractivity (Wildman–Crippen MR) is 80.3 cm³/mol. The van der Waals surface area contributed by atoms with E-state index in [1.807, 2.05) is 13.8 Å². The Balaban J connectivity index is 2.44. The highest BCUT2D eigenvalue weighted by Crippen LogP contribution is 2.46. The van der Waals surface area contributed by atoms with Crippen molar-refractivity contribution in [1.82, 2.24) is 0 Å². The zero-order chi connectivity index (χ0) is 15.6. The molecule has 1 aromatic carbocycles. The number of hydrogen-bond donors (Lipinski definition) is 2. The Kier molecular flexibility index (Phi) is 4.96. The van der Waals surface area contributed by atoms with Gasteiger partial charge in [0.1, 0.15) is 13.2 Å². The molecule has 1 aliphatic rings. The van der Waals surface area contributed by atoms with Gasteiger partial charge < -0.3 is 20.3 Å². The molecule has 0 amide bonds. The van der Waals surface area contributed by atoms with Crippen molar-refractivity contribution >= 4 is 17.6 Å². The number of carboxylic acid groups (broad SMARTS) is 1. The van der Waals surface area contributed by atoms with Crippen LogP contribution in [0, 0.1) is 0 Å². The van der Waals surface area contributed by atoms with Crippen molar-refractivity contribution in [3.63, 3.8) is 0 Å². The highest BCUT2D eigenvalue weighted by atomic mass is 35.5. The minimum atomic E-state index is -0.861. The number of halogens is 1. The molecule has 0 fully saturated rings. The van der Waals surface area contributed by atoms with Gasteiger partial charge >= 0.3 is 5.97 Å². The van der Waals surface area contributed by atoms with Crippen molar-refractivity contribution in [2.45, 2.75) is 38.6 Å². The Morgan fingerprint density at radius 3 is 2.57 bits per heavy atom. The van der Waals surface area contributed by atoms with Gasteiger partial charge in [-0.2, -0.15) is 0 Å². The number of aliphatic carboxylic acids is 1. The van der Waals surface area contributed by atoms with Crippen LogP contribution in [0.5, 0.6) is 11.5 Å². The molecular formula is C15H20ClNO4. The fraction of sp³-hybridized carbons (Fsp3) is 0.533. The number of benzene rings is 1. The van der Waals surface area contributed by atoms with Gasteiger partial charge in [0.15, 0.2) is 11.5 Å². The first-order valence-corrected chi connectivity index (χ1v) is 7.38.